The fourth-order valence-corrected chi connectivity index (χ4v) is 11.6. The summed E-state index contributed by atoms with van der Waals surface area (Å²) in [7, 11) is 0. The Kier molecular flexibility index (Phi) is 9.38. The fourth-order valence-electron chi connectivity index (χ4n) is 11.6. The van der Waals surface area contributed by atoms with Gasteiger partial charge < -0.3 is 21.3 Å². The summed E-state index contributed by atoms with van der Waals surface area (Å²) in [4.78, 5) is 35.0. The number of nitrogens with two attached hydrogens (primary N) is 2. The van der Waals surface area contributed by atoms with Gasteiger partial charge in [0.05, 0.1) is 0 Å². The minimum atomic E-state index is -0.368. The molecule has 0 aromatic heterocycles. The van der Waals surface area contributed by atoms with Crippen LogP contribution in [-0.2, 0) is 0 Å². The average Bonchev–Trinajstić information content (AvgIpc) is 3.88. The van der Waals surface area contributed by atoms with E-state index in [1.807, 2.05) is 9.80 Å². The third kappa shape index (κ3) is 6.26. The van der Waals surface area contributed by atoms with Crippen LogP contribution in [0, 0.1) is 11.8 Å². The number of fused-ring (bicyclic) bond motifs is 10. The summed E-state index contributed by atoms with van der Waals surface area (Å²) < 4.78 is 0. The maximum Gasteiger partial charge on any atom is 0.315 e. The van der Waals surface area contributed by atoms with E-state index in [1.165, 1.54) is 51.6 Å². The first-order chi connectivity index (χ1) is 23.9. The maximum atomic E-state index is 12.9. The number of primary amides is 2. The number of urea groups is 2. The molecule has 8 nitrogen and oxygen atoms in total. The summed E-state index contributed by atoms with van der Waals surface area (Å²) in [6, 6.07) is 19.9. The molecule has 1 unspecified atom stereocenters. The first-order valence-corrected chi connectivity index (χ1v) is 19.7. The average molecular weight is 667 g/mol. The predicted molar refractivity (Wildman–Crippen MR) is 194 cm³/mol. The third-order valence-corrected chi connectivity index (χ3v) is 14.0. The van der Waals surface area contributed by atoms with Crippen molar-refractivity contribution in [1.29, 1.82) is 0 Å². The van der Waals surface area contributed by atoms with Gasteiger partial charge >= 0.3 is 12.1 Å². The molecule has 8 rings (SSSR count). The van der Waals surface area contributed by atoms with Crippen LogP contribution in [0.1, 0.15) is 143 Å². The second-order valence-electron chi connectivity index (χ2n) is 16.5. The van der Waals surface area contributed by atoms with Crippen molar-refractivity contribution in [2.75, 3.05) is 19.6 Å². The van der Waals surface area contributed by atoms with Crippen LogP contribution in [0.2, 0.25) is 0 Å². The van der Waals surface area contributed by atoms with Crippen molar-refractivity contribution in [3.05, 3.63) is 70.8 Å². The van der Waals surface area contributed by atoms with E-state index < -0.39 is 0 Å². The molecule has 2 saturated carbocycles. The van der Waals surface area contributed by atoms with E-state index >= 15 is 0 Å². The molecule has 4 amide bonds. The van der Waals surface area contributed by atoms with Gasteiger partial charge in [-0.15, -0.1) is 0 Å². The van der Waals surface area contributed by atoms with Gasteiger partial charge in [-0.1, -0.05) is 48.5 Å². The van der Waals surface area contributed by atoms with Gasteiger partial charge in [0.15, 0.2) is 0 Å². The Hall–Kier alpha value is -3.10. The van der Waals surface area contributed by atoms with Crippen LogP contribution >= 0.6 is 0 Å². The molecule has 4 fully saturated rings. The van der Waals surface area contributed by atoms with Crippen molar-refractivity contribution in [2.24, 2.45) is 23.3 Å². The Balaban J connectivity index is 0.798. The Morgan fingerprint density at radius 2 is 1.00 bits per heavy atom. The van der Waals surface area contributed by atoms with Crippen molar-refractivity contribution < 1.29 is 9.59 Å². The summed E-state index contributed by atoms with van der Waals surface area (Å²) in [6.45, 7) is 4.85. The molecule has 4 bridgehead atoms. The van der Waals surface area contributed by atoms with Crippen molar-refractivity contribution in [3.63, 3.8) is 0 Å². The summed E-state index contributed by atoms with van der Waals surface area (Å²) in [5.41, 5.74) is 18.3. The topological polar surface area (TPSA) is 99.1 Å². The number of carbonyl (C=O) groups is 2. The minimum Gasteiger partial charge on any atom is -0.351 e. The lowest BCUT2D eigenvalue weighted by molar-refractivity contribution is 0.0844. The van der Waals surface area contributed by atoms with Gasteiger partial charge in [0.2, 0.25) is 0 Å². The molecule has 2 aromatic carbocycles. The van der Waals surface area contributed by atoms with Crippen LogP contribution in [-0.4, -0.2) is 69.4 Å². The number of rotatable bonds is 11. The van der Waals surface area contributed by atoms with E-state index in [4.69, 9.17) is 11.5 Å². The molecule has 2 saturated heterocycles. The summed E-state index contributed by atoms with van der Waals surface area (Å²) in [5, 5.41) is 0. The Morgan fingerprint density at radius 3 is 1.37 bits per heavy atom. The number of benzene rings is 2. The lowest BCUT2D eigenvalue weighted by Crippen LogP contribution is -2.56. The van der Waals surface area contributed by atoms with E-state index in [0.29, 0.717) is 42.5 Å². The Labute approximate surface area is 293 Å². The molecule has 6 aliphatic rings. The van der Waals surface area contributed by atoms with Crippen LogP contribution in [0.25, 0.3) is 0 Å². The zero-order valence-electron chi connectivity index (χ0n) is 29.6. The van der Waals surface area contributed by atoms with Gasteiger partial charge in [0.25, 0.3) is 0 Å². The molecule has 264 valence electrons. The minimum absolute atomic E-state index is 0.133. The molecule has 8 heteroatoms. The molecule has 4 aliphatic heterocycles. The van der Waals surface area contributed by atoms with Crippen LogP contribution in [0.15, 0.2) is 48.5 Å². The van der Waals surface area contributed by atoms with Crippen molar-refractivity contribution in [1.82, 2.24) is 19.6 Å². The zero-order valence-corrected chi connectivity index (χ0v) is 29.6. The second-order valence-corrected chi connectivity index (χ2v) is 16.5. The molecular weight excluding hydrogens is 608 g/mol. The quantitative estimate of drug-likeness (QED) is 0.256. The highest BCUT2D eigenvalue weighted by atomic mass is 16.2. The van der Waals surface area contributed by atoms with E-state index in [1.54, 1.807) is 22.3 Å². The number of amides is 4. The lowest BCUT2D eigenvalue weighted by atomic mass is 9.82. The fraction of sp³-hybridized carbons (Fsp3) is 0.659. The highest BCUT2D eigenvalue weighted by molar-refractivity contribution is 5.74. The molecule has 5 atom stereocenters. The van der Waals surface area contributed by atoms with E-state index in [9.17, 15) is 9.59 Å². The van der Waals surface area contributed by atoms with Crippen LogP contribution in [0.4, 0.5) is 9.59 Å². The second kappa shape index (κ2) is 13.9. The smallest absolute Gasteiger partial charge is 0.315 e. The molecule has 2 aliphatic carbocycles. The standard InChI is InChI=1S/C41H58N6O2/c1-27(47(41(43)49)31-16-12-29(13-17-31)23-25-45-38-20-21-39(45)35-9-5-4-8-34(35)38)26-46(40(42)48)30-14-10-28(11-15-30)22-24-44-36-18-19-37(44)33-7-3-2-6-32(33)36/h2-9,27-31,36-39H,10-26H2,1H3,(H2,42,48)(H2,43,49)/t27?,28?,29?,30?,31?,36-,37+,38-,39+. The lowest BCUT2D eigenvalue weighted by Gasteiger charge is -2.43. The number of hydrogen-bond donors (Lipinski definition) is 2. The first kappa shape index (κ1) is 33.1. The highest BCUT2D eigenvalue weighted by Crippen LogP contribution is 2.54. The number of carbonyl (C=O) groups excluding carboxylic acids is 2. The summed E-state index contributed by atoms with van der Waals surface area (Å²) in [6.07, 6.45) is 16.1. The number of nitrogens with zero attached hydrogens (tertiary/aromatic N) is 4. The number of hydrogen-bond acceptors (Lipinski definition) is 4. The SMILES string of the molecule is CC(CN(C(N)=O)C1CCC(CCN2[C@@H]3CC[C@H]2c2ccccc23)CC1)N(C(N)=O)C1CCC(CCN2[C@@H]3CC[C@H]2c2ccccc23)CC1. The van der Waals surface area contributed by atoms with Gasteiger partial charge in [-0.3, -0.25) is 9.80 Å². The van der Waals surface area contributed by atoms with Crippen molar-refractivity contribution >= 4 is 12.1 Å². The van der Waals surface area contributed by atoms with Gasteiger partial charge in [-0.05, 0) is 144 Å². The largest absolute Gasteiger partial charge is 0.351 e. The van der Waals surface area contributed by atoms with Gasteiger partial charge in [-0.2, -0.15) is 0 Å². The predicted octanol–water partition coefficient (Wildman–Crippen LogP) is 7.82. The molecular formula is C41H58N6O2. The van der Waals surface area contributed by atoms with Crippen LogP contribution in [0.3, 0.4) is 0 Å². The third-order valence-electron chi connectivity index (χ3n) is 14.0. The molecule has 2 aromatic rings. The Morgan fingerprint density at radius 1 is 0.612 bits per heavy atom. The maximum absolute atomic E-state index is 12.9. The van der Waals surface area contributed by atoms with Crippen LogP contribution < -0.4 is 11.5 Å². The van der Waals surface area contributed by atoms with E-state index in [2.05, 4.69) is 65.3 Å². The van der Waals surface area contributed by atoms with Gasteiger partial charge in [0, 0.05) is 48.8 Å². The van der Waals surface area contributed by atoms with Crippen molar-refractivity contribution in [2.45, 2.75) is 139 Å². The normalized spacial score (nSPS) is 32.5. The highest BCUT2D eigenvalue weighted by Gasteiger charge is 2.45. The summed E-state index contributed by atoms with van der Waals surface area (Å²) in [5.74, 6) is 1.39. The van der Waals surface area contributed by atoms with Crippen LogP contribution in [0.5, 0.6) is 0 Å². The molecule has 49 heavy (non-hydrogen) atoms. The van der Waals surface area contributed by atoms with Gasteiger partial charge in [-0.25, -0.2) is 9.59 Å². The molecule has 0 radical (unpaired) electrons. The molecule has 4 N–H and O–H groups in total. The van der Waals surface area contributed by atoms with E-state index in [-0.39, 0.29) is 30.2 Å². The summed E-state index contributed by atoms with van der Waals surface area (Å²) >= 11 is 0. The Bertz CT molecular complexity index is 1440. The monoisotopic (exact) mass is 666 g/mol. The zero-order chi connectivity index (χ0) is 33.6. The molecule has 0 spiro atoms. The molecule has 4 heterocycles. The first-order valence-electron chi connectivity index (χ1n) is 19.7. The van der Waals surface area contributed by atoms with E-state index in [0.717, 1.165) is 51.4 Å². The van der Waals surface area contributed by atoms with Gasteiger partial charge in [0.1, 0.15) is 0 Å². The van der Waals surface area contributed by atoms with Crippen molar-refractivity contribution in [3.8, 4) is 0 Å².